The third-order valence-corrected chi connectivity index (χ3v) is 2.78. The number of nitrogens with zero attached hydrogens (tertiary/aromatic N) is 4. The Morgan fingerprint density at radius 1 is 1.45 bits per heavy atom. The van der Waals surface area contributed by atoms with Crippen LogP contribution < -0.4 is 5.73 Å². The lowest BCUT2D eigenvalue weighted by atomic mass is 10.2. The van der Waals surface area contributed by atoms with Gasteiger partial charge in [0.25, 0.3) is 0 Å². The van der Waals surface area contributed by atoms with E-state index >= 15 is 0 Å². The number of hydrogen-bond donors (Lipinski definition) is 1. The molecule has 0 radical (unpaired) electrons. The molecular formula is C12H15N5O3. The minimum Gasteiger partial charge on any atom is -0.462 e. The minimum atomic E-state index is -0.596. The van der Waals surface area contributed by atoms with Crippen LogP contribution in [-0.4, -0.2) is 37.8 Å². The quantitative estimate of drug-likeness (QED) is 0.813. The molecule has 8 heteroatoms. The van der Waals surface area contributed by atoms with Gasteiger partial charge in [0, 0.05) is 19.4 Å². The molecule has 0 bridgehead atoms. The maximum Gasteiger partial charge on any atom is 0.343 e. The number of hydrogen-bond acceptors (Lipinski definition) is 6. The summed E-state index contributed by atoms with van der Waals surface area (Å²) in [6.07, 6.45) is 3.12. The molecule has 106 valence electrons. The number of imidazole rings is 1. The van der Waals surface area contributed by atoms with Crippen LogP contribution in [0.3, 0.4) is 0 Å². The van der Waals surface area contributed by atoms with E-state index in [2.05, 4.69) is 10.1 Å². The highest BCUT2D eigenvalue weighted by atomic mass is 16.5. The van der Waals surface area contributed by atoms with Crippen LogP contribution in [0.1, 0.15) is 33.6 Å². The van der Waals surface area contributed by atoms with Crippen molar-refractivity contribution in [2.75, 3.05) is 12.3 Å². The van der Waals surface area contributed by atoms with Gasteiger partial charge >= 0.3 is 11.9 Å². The standard InChI is InChI=1S/C12H15N5O3/c1-4-20-12(19)8-7(2)15-17(9(8)13)11(18)10-14-5-6-16(10)3/h5-6H,4,13H2,1-3H3. The van der Waals surface area contributed by atoms with Crippen molar-refractivity contribution in [3.05, 3.63) is 29.5 Å². The summed E-state index contributed by atoms with van der Waals surface area (Å²) in [5, 5.41) is 4.00. The van der Waals surface area contributed by atoms with Gasteiger partial charge in [-0.05, 0) is 13.8 Å². The first-order valence-corrected chi connectivity index (χ1v) is 6.01. The van der Waals surface area contributed by atoms with Crippen LogP contribution in [0.15, 0.2) is 12.4 Å². The SMILES string of the molecule is CCOC(=O)c1c(C)nn(C(=O)c2nccn2C)c1N. The van der Waals surface area contributed by atoms with Gasteiger partial charge in [0.15, 0.2) is 0 Å². The normalized spacial score (nSPS) is 10.6. The van der Waals surface area contributed by atoms with Crippen LogP contribution in [0.2, 0.25) is 0 Å². The van der Waals surface area contributed by atoms with Gasteiger partial charge in [-0.25, -0.2) is 9.78 Å². The number of anilines is 1. The van der Waals surface area contributed by atoms with E-state index in [9.17, 15) is 9.59 Å². The van der Waals surface area contributed by atoms with E-state index < -0.39 is 11.9 Å². The van der Waals surface area contributed by atoms with Gasteiger partial charge in [0.05, 0.1) is 12.3 Å². The molecule has 2 aromatic heterocycles. The summed E-state index contributed by atoms with van der Waals surface area (Å²) in [7, 11) is 1.68. The zero-order valence-electron chi connectivity index (χ0n) is 11.5. The fourth-order valence-electron chi connectivity index (χ4n) is 1.82. The van der Waals surface area contributed by atoms with Gasteiger partial charge in [-0.3, -0.25) is 4.79 Å². The highest BCUT2D eigenvalue weighted by molar-refractivity contribution is 6.00. The van der Waals surface area contributed by atoms with Crippen LogP contribution in [0.5, 0.6) is 0 Å². The molecule has 0 unspecified atom stereocenters. The first-order chi connectivity index (χ1) is 9.47. The monoisotopic (exact) mass is 277 g/mol. The number of aryl methyl sites for hydroxylation is 2. The molecule has 0 aliphatic carbocycles. The first-order valence-electron chi connectivity index (χ1n) is 6.01. The second kappa shape index (κ2) is 5.16. The van der Waals surface area contributed by atoms with Crippen molar-refractivity contribution >= 4 is 17.7 Å². The van der Waals surface area contributed by atoms with Crippen LogP contribution >= 0.6 is 0 Å². The fraction of sp³-hybridized carbons (Fsp3) is 0.333. The van der Waals surface area contributed by atoms with Gasteiger partial charge in [-0.15, -0.1) is 0 Å². The summed E-state index contributed by atoms with van der Waals surface area (Å²) in [5.74, 6) is -0.974. The maximum absolute atomic E-state index is 12.3. The first kappa shape index (κ1) is 13.8. The molecule has 8 nitrogen and oxygen atoms in total. The average molecular weight is 277 g/mol. The lowest BCUT2D eigenvalue weighted by Crippen LogP contribution is -2.20. The van der Waals surface area contributed by atoms with Crippen LogP contribution in [-0.2, 0) is 11.8 Å². The highest BCUT2D eigenvalue weighted by Gasteiger charge is 2.25. The number of ether oxygens (including phenoxy) is 1. The third kappa shape index (κ3) is 2.15. The summed E-state index contributed by atoms with van der Waals surface area (Å²) < 4.78 is 7.40. The van der Waals surface area contributed by atoms with Crippen molar-refractivity contribution in [1.29, 1.82) is 0 Å². The summed E-state index contributed by atoms with van der Waals surface area (Å²) in [6, 6.07) is 0. The Balaban J connectivity index is 2.45. The van der Waals surface area contributed by atoms with Crippen molar-refractivity contribution in [2.45, 2.75) is 13.8 Å². The fourth-order valence-corrected chi connectivity index (χ4v) is 1.82. The second-order valence-corrected chi connectivity index (χ2v) is 4.14. The van der Waals surface area contributed by atoms with Gasteiger partial charge in [0.2, 0.25) is 5.82 Å². The van der Waals surface area contributed by atoms with Crippen molar-refractivity contribution in [3.8, 4) is 0 Å². The van der Waals surface area contributed by atoms with E-state index in [0.717, 1.165) is 4.68 Å². The second-order valence-electron chi connectivity index (χ2n) is 4.14. The molecule has 2 heterocycles. The topological polar surface area (TPSA) is 105 Å². The van der Waals surface area contributed by atoms with Gasteiger partial charge in [0.1, 0.15) is 11.4 Å². The van der Waals surface area contributed by atoms with Gasteiger partial charge < -0.3 is 15.0 Å². The Kier molecular flexibility index (Phi) is 3.55. The molecule has 0 spiro atoms. The maximum atomic E-state index is 12.3. The predicted molar refractivity (Wildman–Crippen MR) is 70.3 cm³/mol. The zero-order chi connectivity index (χ0) is 14.9. The van der Waals surface area contributed by atoms with E-state index in [0.29, 0.717) is 5.69 Å². The van der Waals surface area contributed by atoms with E-state index in [-0.39, 0.29) is 23.8 Å². The molecule has 20 heavy (non-hydrogen) atoms. The van der Waals surface area contributed by atoms with Gasteiger partial charge in [-0.1, -0.05) is 0 Å². The van der Waals surface area contributed by atoms with E-state index in [4.69, 9.17) is 10.5 Å². The average Bonchev–Trinajstić information content (AvgIpc) is 2.93. The lowest BCUT2D eigenvalue weighted by molar-refractivity contribution is 0.0527. The largest absolute Gasteiger partial charge is 0.462 e. The summed E-state index contributed by atoms with van der Waals surface area (Å²) >= 11 is 0. The molecule has 2 rings (SSSR count). The molecule has 0 saturated heterocycles. The number of carbonyl (C=O) groups is 2. The van der Waals surface area contributed by atoms with Crippen molar-refractivity contribution in [1.82, 2.24) is 19.3 Å². The molecule has 0 aliphatic rings. The predicted octanol–water partition coefficient (Wildman–Crippen LogP) is 0.372. The number of carbonyl (C=O) groups excluding carboxylic acids is 2. The van der Waals surface area contributed by atoms with Crippen LogP contribution in [0, 0.1) is 6.92 Å². The summed E-state index contributed by atoms with van der Waals surface area (Å²) in [6.45, 7) is 3.49. The molecule has 0 atom stereocenters. The van der Waals surface area contributed by atoms with E-state index in [1.807, 2.05) is 0 Å². The van der Waals surface area contributed by atoms with Crippen molar-refractivity contribution in [2.24, 2.45) is 7.05 Å². The Morgan fingerprint density at radius 3 is 2.70 bits per heavy atom. The summed E-state index contributed by atoms with van der Waals surface area (Å²) in [5.41, 5.74) is 6.28. The molecule has 0 aromatic carbocycles. The molecule has 0 fully saturated rings. The highest BCUT2D eigenvalue weighted by Crippen LogP contribution is 2.18. The number of aromatic nitrogens is 4. The molecule has 0 aliphatic heterocycles. The Labute approximate surface area is 115 Å². The van der Waals surface area contributed by atoms with Crippen molar-refractivity contribution < 1.29 is 14.3 Å². The van der Waals surface area contributed by atoms with Crippen LogP contribution in [0.25, 0.3) is 0 Å². The molecule has 2 N–H and O–H groups in total. The smallest absolute Gasteiger partial charge is 0.343 e. The van der Waals surface area contributed by atoms with Crippen molar-refractivity contribution in [3.63, 3.8) is 0 Å². The summed E-state index contributed by atoms with van der Waals surface area (Å²) in [4.78, 5) is 28.0. The molecule has 0 amide bonds. The van der Waals surface area contributed by atoms with Gasteiger partial charge in [-0.2, -0.15) is 9.78 Å². The molecule has 2 aromatic rings. The minimum absolute atomic E-state index is 0.0473. The Hall–Kier alpha value is -2.64. The van der Waals surface area contributed by atoms with E-state index in [1.165, 1.54) is 6.20 Å². The number of nitrogen functional groups attached to an aromatic ring is 1. The Morgan fingerprint density at radius 2 is 2.15 bits per heavy atom. The number of esters is 1. The third-order valence-electron chi connectivity index (χ3n) is 2.78. The molecular weight excluding hydrogens is 262 g/mol. The number of rotatable bonds is 3. The lowest BCUT2D eigenvalue weighted by Gasteiger charge is -2.04. The Bertz CT molecular complexity index is 671. The van der Waals surface area contributed by atoms with E-state index in [1.54, 1.807) is 31.7 Å². The number of nitrogens with two attached hydrogens (primary N) is 1. The molecule has 0 saturated carbocycles. The zero-order valence-corrected chi connectivity index (χ0v) is 11.5. The van der Waals surface area contributed by atoms with Crippen LogP contribution in [0.4, 0.5) is 5.82 Å².